The Morgan fingerprint density at radius 2 is 1.94 bits per heavy atom. The maximum Gasteiger partial charge on any atom is 0.126 e. The highest BCUT2D eigenvalue weighted by Crippen LogP contribution is 2.30. The molecular formula is C15H22FNO. The molecule has 1 unspecified atom stereocenters. The number of hydrogen-bond acceptors (Lipinski definition) is 2. The van der Waals surface area contributed by atoms with Gasteiger partial charge in [-0.15, -0.1) is 0 Å². The number of hydrogen-bond donors (Lipinski definition) is 1. The van der Waals surface area contributed by atoms with Crippen LogP contribution < -0.4 is 10.5 Å². The quantitative estimate of drug-likeness (QED) is 0.885. The lowest BCUT2D eigenvalue weighted by Crippen LogP contribution is -2.21. The van der Waals surface area contributed by atoms with Gasteiger partial charge in [-0.25, -0.2) is 4.39 Å². The van der Waals surface area contributed by atoms with E-state index in [-0.39, 0.29) is 18.0 Å². The molecule has 2 nitrogen and oxygen atoms in total. The first-order valence-corrected chi connectivity index (χ1v) is 6.80. The summed E-state index contributed by atoms with van der Waals surface area (Å²) in [6, 6.07) is 3.08. The first-order chi connectivity index (χ1) is 8.58. The number of aryl methyl sites for hydroxylation is 1. The smallest absolute Gasteiger partial charge is 0.126 e. The minimum absolute atomic E-state index is 0.210. The molecule has 18 heavy (non-hydrogen) atoms. The zero-order valence-corrected chi connectivity index (χ0v) is 11.2. The third-order valence-electron chi connectivity index (χ3n) is 3.63. The summed E-state index contributed by atoms with van der Waals surface area (Å²) >= 11 is 0. The summed E-state index contributed by atoms with van der Waals surface area (Å²) in [5, 5.41) is 0. The predicted octanol–water partition coefficient (Wildman–Crippen LogP) is 3.87. The second kappa shape index (κ2) is 5.70. The average molecular weight is 251 g/mol. The zero-order valence-electron chi connectivity index (χ0n) is 11.2. The van der Waals surface area contributed by atoms with Crippen molar-refractivity contribution >= 4 is 0 Å². The summed E-state index contributed by atoms with van der Waals surface area (Å²) < 4.78 is 19.6. The molecule has 0 spiro atoms. The van der Waals surface area contributed by atoms with Gasteiger partial charge in [0.2, 0.25) is 0 Å². The lowest BCUT2D eigenvalue weighted by molar-refractivity contribution is 0.153. The maximum absolute atomic E-state index is 13.6. The Labute approximate surface area is 108 Å². The number of ether oxygens (including phenoxy) is 1. The van der Waals surface area contributed by atoms with E-state index in [0.717, 1.165) is 24.2 Å². The van der Waals surface area contributed by atoms with E-state index in [9.17, 15) is 4.39 Å². The van der Waals surface area contributed by atoms with E-state index >= 15 is 0 Å². The van der Waals surface area contributed by atoms with Crippen molar-refractivity contribution in [2.45, 2.75) is 58.1 Å². The van der Waals surface area contributed by atoms with Crippen LogP contribution in [0.5, 0.6) is 5.75 Å². The Hall–Kier alpha value is -1.09. The monoisotopic (exact) mass is 251 g/mol. The molecule has 0 radical (unpaired) electrons. The van der Waals surface area contributed by atoms with Crippen LogP contribution in [0.15, 0.2) is 12.1 Å². The van der Waals surface area contributed by atoms with Gasteiger partial charge in [0.15, 0.2) is 0 Å². The molecule has 1 aliphatic carbocycles. The molecule has 0 bridgehead atoms. The average Bonchev–Trinajstić information content (AvgIpc) is 2.34. The van der Waals surface area contributed by atoms with Crippen LogP contribution in [-0.2, 0) is 0 Å². The Bertz CT molecular complexity index is 411. The fourth-order valence-corrected chi connectivity index (χ4v) is 2.49. The van der Waals surface area contributed by atoms with Gasteiger partial charge in [0.25, 0.3) is 0 Å². The predicted molar refractivity (Wildman–Crippen MR) is 71.2 cm³/mol. The van der Waals surface area contributed by atoms with Crippen LogP contribution in [0.3, 0.4) is 0 Å². The second-order valence-corrected chi connectivity index (χ2v) is 5.31. The van der Waals surface area contributed by atoms with Gasteiger partial charge in [0, 0.05) is 11.6 Å². The van der Waals surface area contributed by atoms with Gasteiger partial charge in [-0.05, 0) is 57.2 Å². The number of halogens is 1. The van der Waals surface area contributed by atoms with E-state index in [1.807, 2.05) is 6.92 Å². The van der Waals surface area contributed by atoms with Crippen molar-refractivity contribution in [2.75, 3.05) is 0 Å². The summed E-state index contributed by atoms with van der Waals surface area (Å²) in [7, 11) is 0. The van der Waals surface area contributed by atoms with Gasteiger partial charge in [-0.3, -0.25) is 0 Å². The third-order valence-corrected chi connectivity index (χ3v) is 3.63. The first kappa shape index (κ1) is 13.3. The Balaban J connectivity index is 2.21. The van der Waals surface area contributed by atoms with Crippen LogP contribution >= 0.6 is 0 Å². The van der Waals surface area contributed by atoms with E-state index in [1.54, 1.807) is 13.0 Å². The van der Waals surface area contributed by atoms with Gasteiger partial charge in [0.1, 0.15) is 11.6 Å². The third kappa shape index (κ3) is 3.02. The van der Waals surface area contributed by atoms with E-state index in [4.69, 9.17) is 10.5 Å². The standard InChI is InChI=1S/C15H22FNO/c1-10-8-15(13(11(2)17)9-14(10)16)18-12-6-4-3-5-7-12/h8-9,11-12H,3-7,17H2,1-2H3. The summed E-state index contributed by atoms with van der Waals surface area (Å²) in [6.45, 7) is 3.62. The van der Waals surface area contributed by atoms with Crippen LogP contribution in [0, 0.1) is 12.7 Å². The van der Waals surface area contributed by atoms with Crippen LogP contribution in [0.25, 0.3) is 0 Å². The molecule has 2 rings (SSSR count). The Kier molecular flexibility index (Phi) is 4.23. The molecule has 0 amide bonds. The van der Waals surface area contributed by atoms with Gasteiger partial charge in [-0.1, -0.05) is 6.42 Å². The normalized spacial score (nSPS) is 18.7. The number of nitrogens with two attached hydrogens (primary N) is 1. The molecule has 0 aliphatic heterocycles. The van der Waals surface area contributed by atoms with Crippen molar-refractivity contribution in [3.63, 3.8) is 0 Å². The molecule has 0 aromatic heterocycles. The SMILES string of the molecule is Cc1cc(OC2CCCCC2)c(C(C)N)cc1F. The number of rotatable bonds is 3. The first-order valence-electron chi connectivity index (χ1n) is 6.80. The highest BCUT2D eigenvalue weighted by atomic mass is 19.1. The Morgan fingerprint density at radius 3 is 2.56 bits per heavy atom. The molecule has 100 valence electrons. The minimum Gasteiger partial charge on any atom is -0.490 e. The van der Waals surface area contributed by atoms with Crippen LogP contribution in [0.4, 0.5) is 4.39 Å². The van der Waals surface area contributed by atoms with Crippen LogP contribution in [0.2, 0.25) is 0 Å². The van der Waals surface area contributed by atoms with Gasteiger partial charge < -0.3 is 10.5 Å². The van der Waals surface area contributed by atoms with Crippen LogP contribution in [0.1, 0.15) is 56.2 Å². The van der Waals surface area contributed by atoms with Crippen LogP contribution in [-0.4, -0.2) is 6.10 Å². The molecular weight excluding hydrogens is 229 g/mol. The van der Waals surface area contributed by atoms with Crippen molar-refractivity contribution in [3.8, 4) is 5.75 Å². The van der Waals surface area contributed by atoms with E-state index in [0.29, 0.717) is 5.56 Å². The van der Waals surface area contributed by atoms with Gasteiger partial charge >= 0.3 is 0 Å². The van der Waals surface area contributed by atoms with Crippen molar-refractivity contribution in [1.29, 1.82) is 0 Å². The molecule has 0 saturated heterocycles. The van der Waals surface area contributed by atoms with Gasteiger partial charge in [0.05, 0.1) is 6.10 Å². The summed E-state index contributed by atoms with van der Waals surface area (Å²) in [5.74, 6) is 0.550. The fraction of sp³-hybridized carbons (Fsp3) is 0.600. The maximum atomic E-state index is 13.6. The summed E-state index contributed by atoms with van der Waals surface area (Å²) in [5.41, 5.74) is 7.28. The highest BCUT2D eigenvalue weighted by Gasteiger charge is 2.18. The van der Waals surface area contributed by atoms with E-state index < -0.39 is 0 Å². The highest BCUT2D eigenvalue weighted by molar-refractivity contribution is 5.40. The van der Waals surface area contributed by atoms with E-state index in [1.165, 1.54) is 25.3 Å². The topological polar surface area (TPSA) is 35.2 Å². The van der Waals surface area contributed by atoms with E-state index in [2.05, 4.69) is 0 Å². The molecule has 1 aromatic carbocycles. The largest absolute Gasteiger partial charge is 0.490 e. The Morgan fingerprint density at radius 1 is 1.28 bits per heavy atom. The minimum atomic E-state index is -0.210. The van der Waals surface area contributed by atoms with Crippen molar-refractivity contribution in [2.24, 2.45) is 5.73 Å². The fourth-order valence-electron chi connectivity index (χ4n) is 2.49. The van der Waals surface area contributed by atoms with Crippen molar-refractivity contribution in [1.82, 2.24) is 0 Å². The number of benzene rings is 1. The summed E-state index contributed by atoms with van der Waals surface area (Å²) in [6.07, 6.45) is 6.18. The molecule has 1 saturated carbocycles. The van der Waals surface area contributed by atoms with Crippen molar-refractivity contribution in [3.05, 3.63) is 29.1 Å². The zero-order chi connectivity index (χ0) is 13.1. The molecule has 2 N–H and O–H groups in total. The van der Waals surface area contributed by atoms with Gasteiger partial charge in [-0.2, -0.15) is 0 Å². The molecule has 1 aromatic rings. The second-order valence-electron chi connectivity index (χ2n) is 5.31. The molecule has 3 heteroatoms. The molecule has 1 fully saturated rings. The lowest BCUT2D eigenvalue weighted by atomic mass is 9.97. The molecule has 1 atom stereocenters. The lowest BCUT2D eigenvalue weighted by Gasteiger charge is -2.25. The van der Waals surface area contributed by atoms with Crippen molar-refractivity contribution < 1.29 is 9.13 Å². The molecule has 0 heterocycles. The molecule has 1 aliphatic rings. The summed E-state index contributed by atoms with van der Waals surface area (Å²) in [4.78, 5) is 0.